The Morgan fingerprint density at radius 2 is 2.18 bits per heavy atom. The molecule has 1 saturated heterocycles. The van der Waals surface area contributed by atoms with E-state index in [4.69, 9.17) is 0 Å². The largest absolute Gasteiger partial charge is 0.350 e. The maximum atomic E-state index is 11.9. The van der Waals surface area contributed by atoms with Crippen LogP contribution in [0.2, 0.25) is 0 Å². The minimum absolute atomic E-state index is 0.0420. The summed E-state index contributed by atoms with van der Waals surface area (Å²) >= 11 is 0. The molecule has 0 atom stereocenters. The number of aromatic nitrogens is 1. The van der Waals surface area contributed by atoms with Crippen molar-refractivity contribution in [3.05, 3.63) is 34.7 Å². The molecule has 17 heavy (non-hydrogen) atoms. The molecule has 92 valence electrons. The van der Waals surface area contributed by atoms with Crippen molar-refractivity contribution in [1.29, 1.82) is 0 Å². The molecule has 0 saturated carbocycles. The van der Waals surface area contributed by atoms with E-state index in [1.165, 1.54) is 11.3 Å². The Balaban J connectivity index is 1.94. The van der Waals surface area contributed by atoms with Crippen molar-refractivity contribution in [1.82, 2.24) is 15.2 Å². The van der Waals surface area contributed by atoms with Crippen molar-refractivity contribution < 1.29 is 4.79 Å². The van der Waals surface area contributed by atoms with Crippen LogP contribution in [-0.4, -0.2) is 23.6 Å². The van der Waals surface area contributed by atoms with Gasteiger partial charge in [0.15, 0.2) is 0 Å². The fourth-order valence-electron chi connectivity index (χ4n) is 1.82. The van der Waals surface area contributed by atoms with Crippen LogP contribution < -0.4 is 10.6 Å². The van der Waals surface area contributed by atoms with E-state index in [1.807, 2.05) is 20.0 Å². The van der Waals surface area contributed by atoms with Gasteiger partial charge in [0.05, 0.1) is 6.54 Å². The average Bonchev–Trinajstić information content (AvgIpc) is 2.54. The van der Waals surface area contributed by atoms with E-state index in [2.05, 4.69) is 28.2 Å². The number of amides is 1. The number of carbonyl (C=O) groups is 1. The molecule has 1 fully saturated rings. The van der Waals surface area contributed by atoms with Gasteiger partial charge in [0, 0.05) is 37.1 Å². The van der Waals surface area contributed by atoms with Gasteiger partial charge in [0.1, 0.15) is 0 Å². The molecule has 0 aromatic carbocycles. The molecule has 0 unspecified atom stereocenters. The molecule has 2 rings (SSSR count). The maximum absolute atomic E-state index is 11.9. The van der Waals surface area contributed by atoms with Crippen LogP contribution in [0, 0.1) is 6.92 Å². The first-order valence-corrected chi connectivity index (χ1v) is 5.88. The number of hydrogen-bond donors (Lipinski definition) is 2. The summed E-state index contributed by atoms with van der Waals surface area (Å²) in [5.41, 5.74) is 4.40. The first-order chi connectivity index (χ1) is 8.09. The molecule has 2 heterocycles. The van der Waals surface area contributed by atoms with E-state index in [-0.39, 0.29) is 5.91 Å². The van der Waals surface area contributed by atoms with Gasteiger partial charge >= 0.3 is 0 Å². The predicted octanol–water partition coefficient (Wildman–Crippen LogP) is 0.869. The smallest absolute Gasteiger partial charge is 0.247 e. The third-order valence-corrected chi connectivity index (χ3v) is 3.45. The molecule has 1 amide bonds. The molecular formula is C13H19N3O. The SMILES string of the molecule is CC(C(=O)NCc1ccc(C)n1C)=C1CNC1. The Hall–Kier alpha value is -1.55. The highest BCUT2D eigenvalue weighted by Crippen LogP contribution is 2.10. The molecular weight excluding hydrogens is 214 g/mol. The maximum Gasteiger partial charge on any atom is 0.247 e. The zero-order valence-corrected chi connectivity index (χ0v) is 10.6. The van der Waals surface area contributed by atoms with Gasteiger partial charge in [0.2, 0.25) is 5.91 Å². The van der Waals surface area contributed by atoms with Gasteiger partial charge < -0.3 is 15.2 Å². The average molecular weight is 233 g/mol. The van der Waals surface area contributed by atoms with Gasteiger partial charge in [-0.3, -0.25) is 4.79 Å². The van der Waals surface area contributed by atoms with Crippen LogP contribution in [0.4, 0.5) is 0 Å². The van der Waals surface area contributed by atoms with Gasteiger partial charge in [0.25, 0.3) is 0 Å². The fraction of sp³-hybridized carbons (Fsp3) is 0.462. The topological polar surface area (TPSA) is 46.1 Å². The molecule has 0 aliphatic carbocycles. The monoisotopic (exact) mass is 233 g/mol. The van der Waals surface area contributed by atoms with Crippen molar-refractivity contribution in [2.75, 3.05) is 13.1 Å². The first kappa shape index (κ1) is 11.9. The second kappa shape index (κ2) is 4.75. The fourth-order valence-corrected chi connectivity index (χ4v) is 1.82. The quantitative estimate of drug-likeness (QED) is 0.761. The van der Waals surface area contributed by atoms with Gasteiger partial charge in [-0.15, -0.1) is 0 Å². The Morgan fingerprint density at radius 3 is 2.65 bits per heavy atom. The van der Waals surface area contributed by atoms with Crippen LogP contribution in [0.25, 0.3) is 0 Å². The normalized spacial score (nSPS) is 14.4. The van der Waals surface area contributed by atoms with Crippen LogP contribution in [0.1, 0.15) is 18.3 Å². The zero-order chi connectivity index (χ0) is 12.4. The van der Waals surface area contributed by atoms with E-state index >= 15 is 0 Å². The van der Waals surface area contributed by atoms with E-state index in [0.29, 0.717) is 6.54 Å². The van der Waals surface area contributed by atoms with Crippen molar-refractivity contribution in [2.45, 2.75) is 20.4 Å². The summed E-state index contributed by atoms with van der Waals surface area (Å²) in [7, 11) is 2.01. The standard InChI is InChI=1S/C13H19N3O/c1-9-4-5-12(16(9)3)8-15-13(17)10(2)11-6-14-7-11/h4-5,14H,6-8H2,1-3H3,(H,15,17). The predicted molar refractivity (Wildman–Crippen MR) is 67.6 cm³/mol. The summed E-state index contributed by atoms with van der Waals surface area (Å²) in [6.07, 6.45) is 0. The molecule has 1 aromatic heterocycles. The van der Waals surface area contributed by atoms with Crippen LogP contribution in [0.5, 0.6) is 0 Å². The molecule has 4 heteroatoms. The summed E-state index contributed by atoms with van der Waals surface area (Å²) in [6.45, 7) is 6.23. The molecule has 4 nitrogen and oxygen atoms in total. The minimum Gasteiger partial charge on any atom is -0.350 e. The van der Waals surface area contributed by atoms with Gasteiger partial charge in [-0.25, -0.2) is 0 Å². The van der Waals surface area contributed by atoms with Crippen molar-refractivity contribution >= 4 is 5.91 Å². The molecule has 1 aliphatic heterocycles. The summed E-state index contributed by atoms with van der Waals surface area (Å²) in [4.78, 5) is 11.9. The lowest BCUT2D eigenvalue weighted by Crippen LogP contribution is -2.37. The van der Waals surface area contributed by atoms with Gasteiger partial charge in [-0.2, -0.15) is 0 Å². The molecule has 0 radical (unpaired) electrons. The van der Waals surface area contributed by atoms with E-state index in [1.54, 1.807) is 0 Å². The Labute approximate surface area is 102 Å². The summed E-state index contributed by atoms with van der Waals surface area (Å²) < 4.78 is 2.09. The second-order valence-electron chi connectivity index (χ2n) is 4.54. The Bertz CT molecular complexity index is 465. The van der Waals surface area contributed by atoms with Crippen LogP contribution in [0.3, 0.4) is 0 Å². The van der Waals surface area contributed by atoms with Crippen LogP contribution in [0.15, 0.2) is 23.3 Å². The van der Waals surface area contributed by atoms with Crippen molar-refractivity contribution in [3.63, 3.8) is 0 Å². The summed E-state index contributed by atoms with van der Waals surface area (Å²) in [6, 6.07) is 4.10. The van der Waals surface area contributed by atoms with Gasteiger partial charge in [-0.05, 0) is 31.6 Å². The summed E-state index contributed by atoms with van der Waals surface area (Å²) in [5, 5.41) is 6.10. The molecule has 1 aromatic rings. The van der Waals surface area contributed by atoms with E-state index in [0.717, 1.165) is 24.4 Å². The first-order valence-electron chi connectivity index (χ1n) is 5.88. The molecule has 0 bridgehead atoms. The number of nitrogens with zero attached hydrogens (tertiary/aromatic N) is 1. The lowest BCUT2D eigenvalue weighted by atomic mass is 10.0. The second-order valence-corrected chi connectivity index (χ2v) is 4.54. The van der Waals surface area contributed by atoms with E-state index in [9.17, 15) is 4.79 Å². The number of aryl methyl sites for hydroxylation is 1. The third-order valence-electron chi connectivity index (χ3n) is 3.45. The highest BCUT2D eigenvalue weighted by Gasteiger charge is 2.15. The lowest BCUT2D eigenvalue weighted by Gasteiger charge is -2.21. The highest BCUT2D eigenvalue weighted by molar-refractivity contribution is 5.93. The van der Waals surface area contributed by atoms with Crippen molar-refractivity contribution in [3.8, 4) is 0 Å². The van der Waals surface area contributed by atoms with Crippen molar-refractivity contribution in [2.24, 2.45) is 7.05 Å². The van der Waals surface area contributed by atoms with E-state index < -0.39 is 0 Å². The number of rotatable bonds is 3. The van der Waals surface area contributed by atoms with Gasteiger partial charge in [-0.1, -0.05) is 0 Å². The minimum atomic E-state index is 0.0420. The Kier molecular flexibility index (Phi) is 3.33. The summed E-state index contributed by atoms with van der Waals surface area (Å²) in [5.74, 6) is 0.0420. The number of nitrogens with one attached hydrogen (secondary N) is 2. The zero-order valence-electron chi connectivity index (χ0n) is 10.6. The van der Waals surface area contributed by atoms with Crippen LogP contribution >= 0.6 is 0 Å². The Morgan fingerprint density at radius 1 is 1.47 bits per heavy atom. The van der Waals surface area contributed by atoms with Crippen LogP contribution in [-0.2, 0) is 18.4 Å². The molecule has 0 spiro atoms. The number of carbonyl (C=O) groups excluding carboxylic acids is 1. The highest BCUT2D eigenvalue weighted by atomic mass is 16.1. The lowest BCUT2D eigenvalue weighted by molar-refractivity contribution is -0.117. The number of hydrogen-bond acceptors (Lipinski definition) is 2. The third kappa shape index (κ3) is 2.42. The molecule has 1 aliphatic rings. The molecule has 2 N–H and O–H groups in total.